The summed E-state index contributed by atoms with van der Waals surface area (Å²) in [7, 11) is 0. The van der Waals surface area contributed by atoms with Crippen molar-refractivity contribution in [2.24, 2.45) is 0 Å². The van der Waals surface area contributed by atoms with Gasteiger partial charge in [0, 0.05) is 19.4 Å². The first-order valence-corrected chi connectivity index (χ1v) is 6.22. The number of amides is 1. The normalized spacial score (nSPS) is 13.9. The monoisotopic (exact) mass is 263 g/mol. The standard InChI is InChI=1S/C14H14FNO3/c1-2-10(17)4-3-7-16-12-6-5-9(15)8-11(12)13(18)14(16)19/h5-6,8H,2-4,7H2,1H3. The quantitative estimate of drug-likeness (QED) is 0.764. The van der Waals surface area contributed by atoms with Crippen molar-refractivity contribution < 1.29 is 18.8 Å². The number of hydrogen-bond acceptors (Lipinski definition) is 3. The van der Waals surface area contributed by atoms with Crippen molar-refractivity contribution in [1.82, 2.24) is 0 Å². The van der Waals surface area contributed by atoms with Gasteiger partial charge in [-0.05, 0) is 24.6 Å². The Kier molecular flexibility index (Phi) is 3.74. The number of benzene rings is 1. The minimum absolute atomic E-state index is 0.104. The molecule has 0 saturated carbocycles. The molecule has 0 saturated heterocycles. The number of Topliss-reactive ketones (excluding diaryl/α,β-unsaturated/α-hetero) is 2. The third-order valence-corrected chi connectivity index (χ3v) is 3.17. The minimum atomic E-state index is -0.684. The molecule has 19 heavy (non-hydrogen) atoms. The van der Waals surface area contributed by atoms with E-state index in [1.54, 1.807) is 6.92 Å². The van der Waals surface area contributed by atoms with Crippen molar-refractivity contribution in [3.8, 4) is 0 Å². The average molecular weight is 263 g/mol. The largest absolute Gasteiger partial charge is 0.305 e. The Hall–Kier alpha value is -2.04. The lowest BCUT2D eigenvalue weighted by Gasteiger charge is -2.15. The summed E-state index contributed by atoms with van der Waals surface area (Å²) < 4.78 is 13.1. The number of halogens is 1. The van der Waals surface area contributed by atoms with Crippen LogP contribution >= 0.6 is 0 Å². The maximum Gasteiger partial charge on any atom is 0.299 e. The molecule has 5 heteroatoms. The highest BCUT2D eigenvalue weighted by molar-refractivity contribution is 6.52. The molecule has 0 fully saturated rings. The van der Waals surface area contributed by atoms with Crippen molar-refractivity contribution in [3.63, 3.8) is 0 Å². The van der Waals surface area contributed by atoms with E-state index in [0.717, 1.165) is 6.07 Å². The van der Waals surface area contributed by atoms with Crippen LogP contribution in [-0.2, 0) is 9.59 Å². The van der Waals surface area contributed by atoms with Crippen LogP contribution < -0.4 is 4.90 Å². The zero-order valence-electron chi connectivity index (χ0n) is 10.6. The molecule has 0 aliphatic carbocycles. The summed E-state index contributed by atoms with van der Waals surface area (Å²) in [5.74, 6) is -1.75. The molecule has 1 aliphatic rings. The summed E-state index contributed by atoms with van der Waals surface area (Å²) >= 11 is 0. The molecular formula is C14H14FNO3. The van der Waals surface area contributed by atoms with E-state index in [-0.39, 0.29) is 11.3 Å². The van der Waals surface area contributed by atoms with Crippen LogP contribution in [-0.4, -0.2) is 24.0 Å². The molecule has 0 N–H and O–H groups in total. The van der Waals surface area contributed by atoms with Crippen LogP contribution in [0.3, 0.4) is 0 Å². The van der Waals surface area contributed by atoms with Crippen LogP contribution in [0.15, 0.2) is 18.2 Å². The Morgan fingerprint density at radius 1 is 1.32 bits per heavy atom. The topological polar surface area (TPSA) is 54.5 Å². The molecule has 1 aliphatic heterocycles. The van der Waals surface area contributed by atoms with E-state index in [1.165, 1.54) is 17.0 Å². The average Bonchev–Trinajstić information content (AvgIpc) is 2.63. The van der Waals surface area contributed by atoms with E-state index in [2.05, 4.69) is 0 Å². The summed E-state index contributed by atoms with van der Waals surface area (Å²) in [5.41, 5.74) is 0.534. The van der Waals surface area contributed by atoms with Gasteiger partial charge in [-0.25, -0.2) is 4.39 Å². The molecule has 1 heterocycles. The van der Waals surface area contributed by atoms with Crippen molar-refractivity contribution >= 4 is 23.2 Å². The van der Waals surface area contributed by atoms with Crippen molar-refractivity contribution in [2.45, 2.75) is 26.2 Å². The lowest BCUT2D eigenvalue weighted by Crippen LogP contribution is -2.30. The summed E-state index contributed by atoms with van der Waals surface area (Å²) in [6.07, 6.45) is 1.35. The van der Waals surface area contributed by atoms with Gasteiger partial charge in [0.1, 0.15) is 11.6 Å². The van der Waals surface area contributed by atoms with E-state index in [9.17, 15) is 18.8 Å². The second-order valence-electron chi connectivity index (χ2n) is 4.44. The first kappa shape index (κ1) is 13.4. The van der Waals surface area contributed by atoms with E-state index in [4.69, 9.17) is 0 Å². The van der Waals surface area contributed by atoms with Crippen LogP contribution in [0.2, 0.25) is 0 Å². The number of carbonyl (C=O) groups excluding carboxylic acids is 3. The fourth-order valence-electron chi connectivity index (χ4n) is 2.11. The fraction of sp³-hybridized carbons (Fsp3) is 0.357. The Morgan fingerprint density at radius 2 is 2.05 bits per heavy atom. The maximum atomic E-state index is 13.1. The lowest BCUT2D eigenvalue weighted by molar-refractivity contribution is -0.119. The van der Waals surface area contributed by atoms with Gasteiger partial charge in [0.05, 0.1) is 11.3 Å². The number of ketones is 2. The second kappa shape index (κ2) is 5.30. The van der Waals surface area contributed by atoms with Gasteiger partial charge in [-0.2, -0.15) is 0 Å². The predicted octanol–water partition coefficient (Wildman–Crippen LogP) is 2.11. The minimum Gasteiger partial charge on any atom is -0.305 e. The number of anilines is 1. The number of nitrogens with zero attached hydrogens (tertiary/aromatic N) is 1. The molecule has 0 atom stereocenters. The van der Waals surface area contributed by atoms with Crippen LogP contribution in [0.4, 0.5) is 10.1 Å². The summed E-state index contributed by atoms with van der Waals surface area (Å²) in [6, 6.07) is 3.72. The Morgan fingerprint density at radius 3 is 2.74 bits per heavy atom. The Balaban J connectivity index is 2.13. The molecule has 1 aromatic carbocycles. The molecule has 1 amide bonds. The smallest absolute Gasteiger partial charge is 0.299 e. The number of carbonyl (C=O) groups is 3. The van der Waals surface area contributed by atoms with Gasteiger partial charge in [0.2, 0.25) is 0 Å². The molecule has 1 aromatic rings. The van der Waals surface area contributed by atoms with Gasteiger partial charge in [0.25, 0.3) is 11.7 Å². The van der Waals surface area contributed by atoms with Crippen LogP contribution in [0.5, 0.6) is 0 Å². The van der Waals surface area contributed by atoms with Crippen LogP contribution in [0.1, 0.15) is 36.5 Å². The second-order valence-corrected chi connectivity index (χ2v) is 4.44. The van der Waals surface area contributed by atoms with E-state index in [0.29, 0.717) is 31.5 Å². The van der Waals surface area contributed by atoms with Gasteiger partial charge >= 0.3 is 0 Å². The molecule has 4 nitrogen and oxygen atoms in total. The molecule has 2 rings (SSSR count). The third-order valence-electron chi connectivity index (χ3n) is 3.17. The lowest BCUT2D eigenvalue weighted by atomic mass is 10.1. The summed E-state index contributed by atoms with van der Waals surface area (Å²) in [4.78, 5) is 36.0. The van der Waals surface area contributed by atoms with Crippen LogP contribution in [0, 0.1) is 5.82 Å². The maximum absolute atomic E-state index is 13.1. The third kappa shape index (κ3) is 2.54. The van der Waals surface area contributed by atoms with Crippen molar-refractivity contribution in [3.05, 3.63) is 29.6 Å². The first-order chi connectivity index (χ1) is 9.04. The van der Waals surface area contributed by atoms with Gasteiger partial charge in [0.15, 0.2) is 0 Å². The van der Waals surface area contributed by atoms with E-state index >= 15 is 0 Å². The fourth-order valence-corrected chi connectivity index (χ4v) is 2.11. The molecule has 0 aromatic heterocycles. The van der Waals surface area contributed by atoms with Crippen molar-refractivity contribution in [2.75, 3.05) is 11.4 Å². The molecule has 0 radical (unpaired) electrons. The first-order valence-electron chi connectivity index (χ1n) is 6.22. The van der Waals surface area contributed by atoms with Gasteiger partial charge in [-0.1, -0.05) is 6.92 Å². The zero-order chi connectivity index (χ0) is 14.0. The van der Waals surface area contributed by atoms with Gasteiger partial charge in [-0.3, -0.25) is 14.4 Å². The molecule has 0 bridgehead atoms. The molecular weight excluding hydrogens is 249 g/mol. The van der Waals surface area contributed by atoms with E-state index < -0.39 is 17.5 Å². The number of hydrogen-bond donors (Lipinski definition) is 0. The summed E-state index contributed by atoms with van der Waals surface area (Å²) in [6.45, 7) is 2.08. The van der Waals surface area contributed by atoms with Crippen LogP contribution in [0.25, 0.3) is 0 Å². The Bertz CT molecular complexity index is 554. The molecule has 100 valence electrons. The summed E-state index contributed by atoms with van der Waals surface area (Å²) in [5, 5.41) is 0. The highest BCUT2D eigenvalue weighted by atomic mass is 19.1. The molecule has 0 spiro atoms. The predicted molar refractivity (Wildman–Crippen MR) is 67.6 cm³/mol. The van der Waals surface area contributed by atoms with Gasteiger partial charge < -0.3 is 4.90 Å². The van der Waals surface area contributed by atoms with Crippen molar-refractivity contribution in [1.29, 1.82) is 0 Å². The SMILES string of the molecule is CCC(=O)CCCN1C(=O)C(=O)c2cc(F)ccc21. The zero-order valence-corrected chi connectivity index (χ0v) is 10.6. The highest BCUT2D eigenvalue weighted by Gasteiger charge is 2.35. The Labute approximate surface area is 110 Å². The number of fused-ring (bicyclic) bond motifs is 1. The highest BCUT2D eigenvalue weighted by Crippen LogP contribution is 2.29. The van der Waals surface area contributed by atoms with Gasteiger partial charge in [-0.15, -0.1) is 0 Å². The number of rotatable bonds is 5. The molecule has 0 unspecified atom stereocenters. The van der Waals surface area contributed by atoms with E-state index in [1.807, 2.05) is 0 Å².